The molecule has 0 N–H and O–H groups in total. The van der Waals surface area contributed by atoms with Gasteiger partial charge in [-0.1, -0.05) is 24.3 Å². The second-order valence-electron chi connectivity index (χ2n) is 5.58. The van der Waals surface area contributed by atoms with Gasteiger partial charge in [-0.25, -0.2) is 0 Å². The summed E-state index contributed by atoms with van der Waals surface area (Å²) in [5.74, 6) is -0.580. The fraction of sp³-hybridized carbons (Fsp3) is 0.312. The molecule has 0 amide bonds. The lowest BCUT2D eigenvalue weighted by Gasteiger charge is -2.21. The van der Waals surface area contributed by atoms with Gasteiger partial charge in [0.1, 0.15) is 24.7 Å². The van der Waals surface area contributed by atoms with Crippen molar-refractivity contribution < 1.29 is 32.3 Å². The first kappa shape index (κ1) is 18.7. The summed E-state index contributed by atoms with van der Waals surface area (Å²) in [4.78, 5) is 13.8. The summed E-state index contributed by atoms with van der Waals surface area (Å²) < 4.78 is 52.5. The van der Waals surface area contributed by atoms with Crippen LogP contribution in [0.1, 0.15) is 5.56 Å². The monoisotopic (exact) mass is 385 g/mol. The fourth-order valence-electron chi connectivity index (χ4n) is 2.42. The molecule has 0 unspecified atom stereocenters. The van der Waals surface area contributed by atoms with Gasteiger partial charge in [-0.2, -0.15) is 0 Å². The standard InChI is InChI=1S/C16H14F3N3O5/c17-16(18,19)27-12-5-3-11(4-6-12)2-1-7-25-13-8-21-9-14(22(23)24)20-15(21)26-10-13/h1-6,9,13H,7-8,10H2/b2-1+/t13-/m0/s1. The first-order valence-corrected chi connectivity index (χ1v) is 7.78. The third-order valence-corrected chi connectivity index (χ3v) is 3.57. The minimum atomic E-state index is -4.72. The second-order valence-corrected chi connectivity index (χ2v) is 5.58. The van der Waals surface area contributed by atoms with E-state index in [1.165, 1.54) is 35.0 Å². The normalized spacial score (nSPS) is 16.8. The van der Waals surface area contributed by atoms with Gasteiger partial charge in [0.2, 0.25) is 0 Å². The van der Waals surface area contributed by atoms with E-state index in [1.807, 2.05) is 0 Å². The van der Waals surface area contributed by atoms with E-state index in [2.05, 4.69) is 9.72 Å². The van der Waals surface area contributed by atoms with E-state index in [0.717, 1.165) is 0 Å². The van der Waals surface area contributed by atoms with E-state index >= 15 is 0 Å². The Morgan fingerprint density at radius 1 is 1.37 bits per heavy atom. The smallest absolute Gasteiger partial charge is 0.443 e. The van der Waals surface area contributed by atoms with Gasteiger partial charge in [0.05, 0.1) is 13.2 Å². The number of imidazole rings is 1. The van der Waals surface area contributed by atoms with Crippen molar-refractivity contribution in [2.24, 2.45) is 0 Å². The number of hydrogen-bond acceptors (Lipinski definition) is 6. The summed E-state index contributed by atoms with van der Waals surface area (Å²) in [5, 5.41) is 10.7. The lowest BCUT2D eigenvalue weighted by atomic mass is 10.2. The number of halogens is 3. The molecule has 3 rings (SSSR count). The minimum absolute atomic E-state index is 0.179. The Balaban J connectivity index is 1.47. The average Bonchev–Trinajstić information content (AvgIpc) is 3.02. The Bertz CT molecular complexity index is 833. The lowest BCUT2D eigenvalue weighted by Crippen LogP contribution is -2.32. The Morgan fingerprint density at radius 2 is 2.11 bits per heavy atom. The average molecular weight is 385 g/mol. The molecule has 8 nitrogen and oxygen atoms in total. The molecular weight excluding hydrogens is 371 g/mol. The van der Waals surface area contributed by atoms with Gasteiger partial charge in [0.25, 0.3) is 0 Å². The molecule has 0 fully saturated rings. The number of nitro groups is 1. The van der Waals surface area contributed by atoms with Crippen LogP contribution in [0.2, 0.25) is 0 Å². The van der Waals surface area contributed by atoms with Crippen LogP contribution in [-0.2, 0) is 11.3 Å². The number of aromatic nitrogens is 2. The van der Waals surface area contributed by atoms with Gasteiger partial charge in [-0.05, 0) is 22.6 Å². The quantitative estimate of drug-likeness (QED) is 0.561. The topological polar surface area (TPSA) is 88.7 Å². The number of benzene rings is 1. The Hall–Kier alpha value is -3.08. The van der Waals surface area contributed by atoms with Crippen molar-refractivity contribution in [2.75, 3.05) is 13.2 Å². The molecule has 0 saturated carbocycles. The summed E-state index contributed by atoms with van der Waals surface area (Å²) in [6.07, 6.45) is -0.354. The zero-order chi connectivity index (χ0) is 19.4. The maximum Gasteiger partial charge on any atom is 0.573 e. The molecule has 2 heterocycles. The Kier molecular flexibility index (Phi) is 5.31. The molecule has 0 radical (unpaired) electrons. The van der Waals surface area contributed by atoms with Crippen LogP contribution < -0.4 is 9.47 Å². The minimum Gasteiger partial charge on any atom is -0.443 e. The molecule has 144 valence electrons. The largest absolute Gasteiger partial charge is 0.573 e. The highest BCUT2D eigenvalue weighted by molar-refractivity contribution is 5.50. The van der Waals surface area contributed by atoms with E-state index in [0.29, 0.717) is 12.1 Å². The number of ether oxygens (including phenoxy) is 3. The van der Waals surface area contributed by atoms with Gasteiger partial charge in [0, 0.05) is 4.98 Å². The van der Waals surface area contributed by atoms with Crippen LogP contribution in [0, 0.1) is 10.1 Å². The number of hydrogen-bond donors (Lipinski definition) is 0. The van der Waals surface area contributed by atoms with Crippen molar-refractivity contribution in [1.82, 2.24) is 9.55 Å². The van der Waals surface area contributed by atoms with Gasteiger partial charge in [-0.3, -0.25) is 4.57 Å². The lowest BCUT2D eigenvalue weighted by molar-refractivity contribution is -0.389. The first-order chi connectivity index (χ1) is 12.8. The van der Waals surface area contributed by atoms with Crippen LogP contribution in [0.3, 0.4) is 0 Å². The van der Waals surface area contributed by atoms with Crippen molar-refractivity contribution in [3.63, 3.8) is 0 Å². The zero-order valence-electron chi connectivity index (χ0n) is 13.8. The predicted octanol–water partition coefficient (Wildman–Crippen LogP) is 3.18. The molecule has 11 heteroatoms. The van der Waals surface area contributed by atoms with Crippen molar-refractivity contribution in [2.45, 2.75) is 19.0 Å². The van der Waals surface area contributed by atoms with Crippen LogP contribution in [0.5, 0.6) is 11.8 Å². The Morgan fingerprint density at radius 3 is 2.78 bits per heavy atom. The molecule has 1 aliphatic rings. The summed E-state index contributed by atoms with van der Waals surface area (Å²) in [6, 6.07) is 5.59. The van der Waals surface area contributed by atoms with Crippen LogP contribution in [0.15, 0.2) is 36.5 Å². The summed E-state index contributed by atoms with van der Waals surface area (Å²) >= 11 is 0. The van der Waals surface area contributed by atoms with E-state index in [4.69, 9.17) is 9.47 Å². The molecule has 2 aromatic rings. The summed E-state index contributed by atoms with van der Waals surface area (Å²) in [6.45, 7) is 0.819. The number of rotatable bonds is 6. The van der Waals surface area contributed by atoms with Crippen LogP contribution in [0.4, 0.5) is 19.0 Å². The van der Waals surface area contributed by atoms with Crippen LogP contribution in [0.25, 0.3) is 6.08 Å². The highest BCUT2D eigenvalue weighted by Gasteiger charge is 2.31. The van der Waals surface area contributed by atoms with Gasteiger partial charge in [-0.15, -0.1) is 13.2 Å². The second kappa shape index (κ2) is 7.66. The number of nitrogens with zero attached hydrogens (tertiary/aromatic N) is 3. The van der Waals surface area contributed by atoms with Crippen molar-refractivity contribution in [3.05, 3.63) is 52.2 Å². The predicted molar refractivity (Wildman–Crippen MR) is 86.3 cm³/mol. The van der Waals surface area contributed by atoms with E-state index < -0.39 is 11.3 Å². The van der Waals surface area contributed by atoms with Gasteiger partial charge in [0.15, 0.2) is 0 Å². The van der Waals surface area contributed by atoms with Crippen LogP contribution >= 0.6 is 0 Å². The molecular formula is C16H14F3N3O5. The van der Waals surface area contributed by atoms with Gasteiger partial charge < -0.3 is 24.3 Å². The van der Waals surface area contributed by atoms with Crippen molar-refractivity contribution >= 4 is 11.9 Å². The third kappa shape index (κ3) is 5.20. The molecule has 27 heavy (non-hydrogen) atoms. The fourth-order valence-corrected chi connectivity index (χ4v) is 2.42. The van der Waals surface area contributed by atoms with E-state index in [9.17, 15) is 23.3 Å². The molecule has 0 bridgehead atoms. The van der Waals surface area contributed by atoms with Crippen LogP contribution in [-0.4, -0.2) is 40.2 Å². The zero-order valence-corrected chi connectivity index (χ0v) is 13.8. The summed E-state index contributed by atoms with van der Waals surface area (Å²) in [7, 11) is 0. The molecule has 1 atom stereocenters. The highest BCUT2D eigenvalue weighted by Crippen LogP contribution is 2.24. The molecule has 0 spiro atoms. The first-order valence-electron chi connectivity index (χ1n) is 7.78. The van der Waals surface area contributed by atoms with E-state index in [1.54, 1.807) is 12.2 Å². The van der Waals surface area contributed by atoms with Gasteiger partial charge >= 0.3 is 18.2 Å². The van der Waals surface area contributed by atoms with Crippen molar-refractivity contribution in [3.8, 4) is 11.8 Å². The van der Waals surface area contributed by atoms with Crippen molar-refractivity contribution in [1.29, 1.82) is 0 Å². The molecule has 0 aliphatic carbocycles. The van der Waals surface area contributed by atoms with E-state index in [-0.39, 0.29) is 36.9 Å². The maximum absolute atomic E-state index is 12.1. The molecule has 0 saturated heterocycles. The summed E-state index contributed by atoms with van der Waals surface area (Å²) in [5.41, 5.74) is 0.681. The molecule has 1 aliphatic heterocycles. The highest BCUT2D eigenvalue weighted by atomic mass is 19.4. The molecule has 1 aromatic heterocycles. The SMILES string of the molecule is O=[N+]([O-])c1cn2c(n1)OC[C@@H](OC/C=C/c1ccc(OC(F)(F)F)cc1)C2. The number of fused-ring (bicyclic) bond motifs is 1. The maximum atomic E-state index is 12.1. The number of alkyl halides is 3. The molecule has 1 aromatic carbocycles. The third-order valence-electron chi connectivity index (χ3n) is 3.57. The Labute approximate surface area is 150 Å².